The van der Waals surface area contributed by atoms with E-state index in [2.05, 4.69) is 15.1 Å². The van der Waals surface area contributed by atoms with Gasteiger partial charge in [0.1, 0.15) is 5.82 Å². The highest BCUT2D eigenvalue weighted by atomic mass is 35.5. The number of hydrogen-bond acceptors (Lipinski definition) is 4. The minimum atomic E-state index is -0.447. The van der Waals surface area contributed by atoms with Crippen LogP contribution in [0.15, 0.2) is 30.5 Å². The van der Waals surface area contributed by atoms with Crippen molar-refractivity contribution in [2.75, 3.05) is 0 Å². The van der Waals surface area contributed by atoms with E-state index in [1.165, 1.54) is 12.1 Å². The summed E-state index contributed by atoms with van der Waals surface area (Å²) in [7, 11) is 0. The van der Waals surface area contributed by atoms with E-state index in [0.29, 0.717) is 21.9 Å². The lowest BCUT2D eigenvalue weighted by molar-refractivity contribution is -0.384. The van der Waals surface area contributed by atoms with Gasteiger partial charge in [-0.3, -0.25) is 14.8 Å². The Labute approximate surface area is 130 Å². The van der Waals surface area contributed by atoms with E-state index in [-0.39, 0.29) is 5.69 Å². The molecule has 7 nitrogen and oxygen atoms in total. The van der Waals surface area contributed by atoms with E-state index in [1.54, 1.807) is 23.0 Å². The van der Waals surface area contributed by atoms with Gasteiger partial charge >= 0.3 is 0 Å². The van der Waals surface area contributed by atoms with Crippen molar-refractivity contribution in [3.63, 3.8) is 0 Å². The van der Waals surface area contributed by atoms with E-state index in [9.17, 15) is 10.1 Å². The van der Waals surface area contributed by atoms with Crippen LogP contribution in [0.5, 0.6) is 0 Å². The van der Waals surface area contributed by atoms with Crippen LogP contribution in [0.4, 0.5) is 5.69 Å². The van der Waals surface area contributed by atoms with Gasteiger partial charge in [-0.2, -0.15) is 5.10 Å². The lowest BCUT2D eigenvalue weighted by Gasteiger charge is -1.99. The third-order valence-corrected chi connectivity index (χ3v) is 3.51. The van der Waals surface area contributed by atoms with Crippen LogP contribution in [0.2, 0.25) is 0 Å². The summed E-state index contributed by atoms with van der Waals surface area (Å²) in [5, 5.41) is 15.4. The fourth-order valence-corrected chi connectivity index (χ4v) is 2.35. The SMILES string of the molecule is CCn1nccc1C=C(Cl)c1nc2ccc([N+](=O)[O-])cc2[nH]1. The number of aromatic nitrogens is 4. The number of halogens is 1. The number of hydrogen-bond donors (Lipinski definition) is 1. The predicted octanol–water partition coefficient (Wildman–Crippen LogP) is 3.42. The second-order valence-corrected chi connectivity index (χ2v) is 5.02. The van der Waals surface area contributed by atoms with Crippen LogP contribution in [-0.4, -0.2) is 24.7 Å². The summed E-state index contributed by atoms with van der Waals surface area (Å²) in [6.07, 6.45) is 3.45. The third kappa shape index (κ3) is 2.58. The second-order valence-electron chi connectivity index (χ2n) is 4.61. The van der Waals surface area contributed by atoms with Gasteiger partial charge in [-0.15, -0.1) is 0 Å². The Bertz CT molecular complexity index is 880. The lowest BCUT2D eigenvalue weighted by Crippen LogP contribution is -1.98. The molecule has 0 atom stereocenters. The highest BCUT2D eigenvalue weighted by Crippen LogP contribution is 2.24. The van der Waals surface area contributed by atoms with Crippen LogP contribution >= 0.6 is 11.6 Å². The van der Waals surface area contributed by atoms with Gasteiger partial charge in [0, 0.05) is 24.9 Å². The normalized spacial score (nSPS) is 12.0. The molecular formula is C14H12ClN5O2. The number of rotatable bonds is 4. The molecular weight excluding hydrogens is 306 g/mol. The zero-order chi connectivity index (χ0) is 15.7. The molecule has 0 bridgehead atoms. The van der Waals surface area contributed by atoms with Crippen molar-refractivity contribution >= 4 is 39.4 Å². The molecule has 22 heavy (non-hydrogen) atoms. The van der Waals surface area contributed by atoms with Crippen LogP contribution in [0, 0.1) is 10.1 Å². The van der Waals surface area contributed by atoms with Gasteiger partial charge in [-0.1, -0.05) is 11.6 Å². The molecule has 0 aliphatic carbocycles. The molecule has 8 heteroatoms. The Balaban J connectivity index is 2.00. The molecule has 3 aromatic rings. The first-order valence-corrected chi connectivity index (χ1v) is 7.00. The Morgan fingerprint density at radius 1 is 1.50 bits per heavy atom. The summed E-state index contributed by atoms with van der Waals surface area (Å²) in [5.41, 5.74) is 2.06. The van der Waals surface area contributed by atoms with Crippen LogP contribution in [-0.2, 0) is 6.54 Å². The fraction of sp³-hybridized carbons (Fsp3) is 0.143. The minimum absolute atomic E-state index is 0.00635. The average molecular weight is 318 g/mol. The van der Waals surface area contributed by atoms with Gasteiger partial charge in [0.15, 0.2) is 0 Å². The van der Waals surface area contributed by atoms with Crippen molar-refractivity contribution in [3.05, 3.63) is 52.1 Å². The van der Waals surface area contributed by atoms with Gasteiger partial charge in [-0.05, 0) is 25.1 Å². The molecule has 0 radical (unpaired) electrons. The molecule has 0 aliphatic heterocycles. The predicted molar refractivity (Wildman–Crippen MR) is 84.4 cm³/mol. The number of benzene rings is 1. The Morgan fingerprint density at radius 2 is 2.32 bits per heavy atom. The molecule has 0 spiro atoms. The molecule has 2 aromatic heterocycles. The maximum Gasteiger partial charge on any atom is 0.271 e. The number of nitro groups is 1. The standard InChI is InChI=1S/C14H12ClN5O2/c1-2-19-9(5-6-16-19)7-11(15)14-17-12-4-3-10(20(21)22)8-13(12)18-14/h3-8H,2H2,1H3,(H,17,18). The lowest BCUT2D eigenvalue weighted by atomic mass is 10.3. The van der Waals surface area contributed by atoms with Crippen molar-refractivity contribution in [1.29, 1.82) is 0 Å². The summed E-state index contributed by atoms with van der Waals surface area (Å²) in [6.45, 7) is 2.72. The number of fused-ring (bicyclic) bond motifs is 1. The van der Waals surface area contributed by atoms with Crippen LogP contribution in [0.3, 0.4) is 0 Å². The van der Waals surface area contributed by atoms with E-state index < -0.39 is 4.92 Å². The summed E-state index contributed by atoms with van der Waals surface area (Å²) in [6, 6.07) is 6.29. The first-order chi connectivity index (χ1) is 10.6. The van der Waals surface area contributed by atoms with E-state index >= 15 is 0 Å². The molecule has 0 saturated carbocycles. The Kier molecular flexibility index (Phi) is 3.64. The van der Waals surface area contributed by atoms with Crippen LogP contribution in [0.1, 0.15) is 18.4 Å². The van der Waals surface area contributed by atoms with Crippen LogP contribution in [0.25, 0.3) is 22.1 Å². The van der Waals surface area contributed by atoms with Crippen LogP contribution < -0.4 is 0 Å². The highest BCUT2D eigenvalue weighted by molar-refractivity contribution is 6.50. The molecule has 0 saturated heterocycles. The first kappa shape index (κ1) is 14.3. The molecule has 0 aliphatic rings. The van der Waals surface area contributed by atoms with E-state index in [0.717, 1.165) is 12.2 Å². The van der Waals surface area contributed by atoms with Crippen molar-refractivity contribution in [2.24, 2.45) is 0 Å². The summed E-state index contributed by atoms with van der Waals surface area (Å²) in [5.74, 6) is 0.459. The van der Waals surface area contributed by atoms with Crippen molar-refractivity contribution < 1.29 is 4.92 Å². The summed E-state index contributed by atoms with van der Waals surface area (Å²) < 4.78 is 1.80. The zero-order valence-corrected chi connectivity index (χ0v) is 12.4. The zero-order valence-electron chi connectivity index (χ0n) is 11.7. The van der Waals surface area contributed by atoms with Gasteiger partial charge in [0.05, 0.1) is 26.7 Å². The van der Waals surface area contributed by atoms with E-state index in [1.807, 2.05) is 13.0 Å². The number of H-pyrrole nitrogens is 1. The van der Waals surface area contributed by atoms with Gasteiger partial charge < -0.3 is 4.98 Å². The quantitative estimate of drug-likeness (QED) is 0.589. The molecule has 0 fully saturated rings. The first-order valence-electron chi connectivity index (χ1n) is 6.62. The molecule has 1 N–H and O–H groups in total. The minimum Gasteiger partial charge on any atom is -0.337 e. The molecule has 0 amide bonds. The second kappa shape index (κ2) is 5.61. The number of aromatic amines is 1. The van der Waals surface area contributed by atoms with Crippen molar-refractivity contribution in [1.82, 2.24) is 19.7 Å². The number of nitrogens with zero attached hydrogens (tertiary/aromatic N) is 4. The molecule has 112 valence electrons. The molecule has 2 heterocycles. The summed E-state index contributed by atoms with van der Waals surface area (Å²) >= 11 is 6.29. The molecule has 3 rings (SSSR count). The van der Waals surface area contributed by atoms with Crippen molar-refractivity contribution in [3.8, 4) is 0 Å². The maximum atomic E-state index is 10.8. The number of imidazole rings is 1. The number of aryl methyl sites for hydroxylation is 1. The molecule has 1 aromatic carbocycles. The fourth-order valence-electron chi connectivity index (χ4n) is 2.15. The average Bonchev–Trinajstić information content (AvgIpc) is 3.11. The topological polar surface area (TPSA) is 89.6 Å². The Morgan fingerprint density at radius 3 is 3.05 bits per heavy atom. The highest BCUT2D eigenvalue weighted by Gasteiger charge is 2.11. The molecule has 0 unspecified atom stereocenters. The van der Waals surface area contributed by atoms with Gasteiger partial charge in [0.2, 0.25) is 0 Å². The summed E-state index contributed by atoms with van der Waals surface area (Å²) in [4.78, 5) is 17.7. The number of nitrogens with one attached hydrogen (secondary N) is 1. The Hall–Kier alpha value is -2.67. The van der Waals surface area contributed by atoms with Gasteiger partial charge in [-0.25, -0.2) is 4.98 Å². The van der Waals surface area contributed by atoms with E-state index in [4.69, 9.17) is 11.6 Å². The smallest absolute Gasteiger partial charge is 0.271 e. The third-order valence-electron chi connectivity index (χ3n) is 3.23. The number of nitro benzene ring substituents is 1. The monoisotopic (exact) mass is 317 g/mol. The van der Waals surface area contributed by atoms with Crippen molar-refractivity contribution in [2.45, 2.75) is 13.5 Å². The number of non-ortho nitro benzene ring substituents is 1. The largest absolute Gasteiger partial charge is 0.337 e. The maximum absolute atomic E-state index is 10.8. The van der Waals surface area contributed by atoms with Gasteiger partial charge in [0.25, 0.3) is 5.69 Å².